The van der Waals surface area contributed by atoms with Crippen molar-refractivity contribution in [2.45, 2.75) is 12.8 Å². The van der Waals surface area contributed by atoms with Crippen molar-refractivity contribution >= 4 is 12.3 Å². The fourth-order valence-corrected chi connectivity index (χ4v) is 0.995. The molecular formula is C6H8O3. The minimum Gasteiger partial charge on any atom is -0.481 e. The van der Waals surface area contributed by atoms with Crippen LogP contribution in [-0.2, 0) is 9.59 Å². The fourth-order valence-electron chi connectivity index (χ4n) is 0.995. The van der Waals surface area contributed by atoms with Gasteiger partial charge in [0.25, 0.3) is 0 Å². The van der Waals surface area contributed by atoms with Crippen LogP contribution in [0, 0.1) is 11.8 Å². The van der Waals surface area contributed by atoms with Crippen molar-refractivity contribution in [1.82, 2.24) is 0 Å². The van der Waals surface area contributed by atoms with Gasteiger partial charge in [0.2, 0.25) is 0 Å². The van der Waals surface area contributed by atoms with Gasteiger partial charge in [0, 0.05) is 5.92 Å². The van der Waals surface area contributed by atoms with E-state index < -0.39 is 5.97 Å². The minimum absolute atomic E-state index is 0.206. The van der Waals surface area contributed by atoms with E-state index in [0.717, 1.165) is 12.7 Å². The van der Waals surface area contributed by atoms with Crippen LogP contribution in [-0.4, -0.2) is 17.4 Å². The Morgan fingerprint density at radius 2 is 2.22 bits per heavy atom. The Kier molecular flexibility index (Phi) is 1.51. The van der Waals surface area contributed by atoms with Gasteiger partial charge in [-0.1, -0.05) is 0 Å². The summed E-state index contributed by atoms with van der Waals surface area (Å²) in [6, 6.07) is 0. The second kappa shape index (κ2) is 2.17. The molecule has 0 spiro atoms. The number of hydrogen-bond donors (Lipinski definition) is 1. The van der Waals surface area contributed by atoms with E-state index in [9.17, 15) is 9.59 Å². The van der Waals surface area contributed by atoms with E-state index in [-0.39, 0.29) is 11.8 Å². The lowest BCUT2D eigenvalue weighted by molar-refractivity contribution is -0.149. The number of carbonyl (C=O) groups is 2. The molecule has 1 N–H and O–H groups in total. The summed E-state index contributed by atoms with van der Waals surface area (Å²) in [4.78, 5) is 20.2. The van der Waals surface area contributed by atoms with E-state index in [0.29, 0.717) is 6.42 Å². The summed E-state index contributed by atoms with van der Waals surface area (Å²) >= 11 is 0. The van der Waals surface area contributed by atoms with Crippen LogP contribution in [0.25, 0.3) is 0 Å². The summed E-state index contributed by atoms with van der Waals surface area (Å²) in [7, 11) is 0. The molecule has 0 unspecified atom stereocenters. The number of carboxylic acids is 1. The van der Waals surface area contributed by atoms with Crippen molar-refractivity contribution in [1.29, 1.82) is 0 Å². The third-order valence-electron chi connectivity index (χ3n) is 1.82. The molecule has 2 atom stereocenters. The second-order valence-electron chi connectivity index (χ2n) is 2.32. The topological polar surface area (TPSA) is 54.4 Å². The van der Waals surface area contributed by atoms with Gasteiger partial charge in [-0.15, -0.1) is 0 Å². The van der Waals surface area contributed by atoms with E-state index in [2.05, 4.69) is 0 Å². The maximum atomic E-state index is 10.2. The molecule has 0 amide bonds. The first-order valence-electron chi connectivity index (χ1n) is 2.94. The predicted molar refractivity (Wildman–Crippen MR) is 29.9 cm³/mol. The smallest absolute Gasteiger partial charge is 0.307 e. The minimum atomic E-state index is -0.835. The van der Waals surface area contributed by atoms with Gasteiger partial charge in [0.1, 0.15) is 6.29 Å². The zero-order chi connectivity index (χ0) is 6.85. The molecule has 1 saturated carbocycles. The molecule has 0 radical (unpaired) electrons. The molecule has 50 valence electrons. The highest BCUT2D eigenvalue weighted by Crippen LogP contribution is 2.32. The maximum Gasteiger partial charge on any atom is 0.307 e. The van der Waals surface area contributed by atoms with E-state index in [4.69, 9.17) is 5.11 Å². The lowest BCUT2D eigenvalue weighted by Gasteiger charge is -2.27. The van der Waals surface area contributed by atoms with Crippen molar-refractivity contribution in [3.63, 3.8) is 0 Å². The van der Waals surface area contributed by atoms with Crippen molar-refractivity contribution < 1.29 is 14.7 Å². The summed E-state index contributed by atoms with van der Waals surface area (Å²) in [6.07, 6.45) is 2.15. The number of rotatable bonds is 2. The van der Waals surface area contributed by atoms with Crippen LogP contribution in [0.15, 0.2) is 0 Å². The monoisotopic (exact) mass is 128 g/mol. The van der Waals surface area contributed by atoms with Crippen LogP contribution in [0.3, 0.4) is 0 Å². The van der Waals surface area contributed by atoms with Crippen molar-refractivity contribution in [2.24, 2.45) is 11.8 Å². The summed E-state index contributed by atoms with van der Waals surface area (Å²) < 4.78 is 0. The average Bonchev–Trinajstić information content (AvgIpc) is 1.61. The summed E-state index contributed by atoms with van der Waals surface area (Å²) in [5.41, 5.74) is 0. The van der Waals surface area contributed by atoms with Gasteiger partial charge < -0.3 is 9.90 Å². The molecule has 1 aliphatic carbocycles. The summed E-state index contributed by atoms with van der Waals surface area (Å²) in [5.74, 6) is -1.43. The van der Waals surface area contributed by atoms with Gasteiger partial charge >= 0.3 is 5.97 Å². The third kappa shape index (κ3) is 0.943. The zero-order valence-electron chi connectivity index (χ0n) is 4.91. The molecule has 0 saturated heterocycles. The van der Waals surface area contributed by atoms with Crippen LogP contribution in [0.2, 0.25) is 0 Å². The molecule has 3 nitrogen and oxygen atoms in total. The number of hydrogen-bond acceptors (Lipinski definition) is 2. The largest absolute Gasteiger partial charge is 0.481 e. The number of carboxylic acid groups (broad SMARTS) is 1. The van der Waals surface area contributed by atoms with E-state index in [1.807, 2.05) is 0 Å². The Morgan fingerprint density at radius 3 is 2.33 bits per heavy atom. The highest BCUT2D eigenvalue weighted by Gasteiger charge is 2.35. The zero-order valence-corrected chi connectivity index (χ0v) is 4.91. The Balaban J connectivity index is 2.44. The normalized spacial score (nSPS) is 32.9. The molecular weight excluding hydrogens is 120 g/mol. The molecule has 1 aliphatic rings. The molecule has 9 heavy (non-hydrogen) atoms. The molecule has 3 heteroatoms. The standard InChI is InChI=1S/C6H8O3/c7-3-4-1-2-5(4)6(8)9/h3-5H,1-2H2,(H,8,9)/t4-,5-/m0/s1. The fraction of sp³-hybridized carbons (Fsp3) is 0.667. The first kappa shape index (κ1) is 6.26. The molecule has 1 rings (SSSR count). The van der Waals surface area contributed by atoms with Crippen LogP contribution in [0.5, 0.6) is 0 Å². The number of aliphatic carboxylic acids is 1. The Bertz CT molecular complexity index is 141. The first-order valence-corrected chi connectivity index (χ1v) is 2.94. The summed E-state index contributed by atoms with van der Waals surface area (Å²) in [5, 5.41) is 8.38. The Labute approximate surface area is 52.7 Å². The van der Waals surface area contributed by atoms with Crippen LogP contribution < -0.4 is 0 Å². The van der Waals surface area contributed by atoms with Crippen molar-refractivity contribution in [2.75, 3.05) is 0 Å². The molecule has 0 heterocycles. The first-order chi connectivity index (χ1) is 4.25. The SMILES string of the molecule is O=C[C@@H]1CC[C@@H]1C(=O)O. The van der Waals surface area contributed by atoms with Gasteiger partial charge in [0.15, 0.2) is 0 Å². The van der Waals surface area contributed by atoms with Crippen molar-refractivity contribution in [3.8, 4) is 0 Å². The number of carbonyl (C=O) groups excluding carboxylic acids is 1. The lowest BCUT2D eigenvalue weighted by Crippen LogP contribution is -2.33. The molecule has 1 fully saturated rings. The van der Waals surface area contributed by atoms with Gasteiger partial charge in [-0.25, -0.2) is 0 Å². The predicted octanol–water partition coefficient (Wildman–Crippen LogP) is 0.296. The van der Waals surface area contributed by atoms with Gasteiger partial charge in [0.05, 0.1) is 5.92 Å². The Hall–Kier alpha value is -0.860. The van der Waals surface area contributed by atoms with E-state index in [1.54, 1.807) is 0 Å². The molecule has 0 aromatic rings. The number of aldehydes is 1. The molecule has 0 aliphatic heterocycles. The average molecular weight is 128 g/mol. The molecule has 0 aromatic heterocycles. The maximum absolute atomic E-state index is 10.2. The third-order valence-corrected chi connectivity index (χ3v) is 1.82. The molecule has 0 aromatic carbocycles. The van der Waals surface area contributed by atoms with Crippen molar-refractivity contribution in [3.05, 3.63) is 0 Å². The van der Waals surface area contributed by atoms with Gasteiger partial charge in [-0.05, 0) is 12.8 Å². The van der Waals surface area contributed by atoms with Crippen LogP contribution in [0.4, 0.5) is 0 Å². The van der Waals surface area contributed by atoms with E-state index in [1.165, 1.54) is 0 Å². The van der Waals surface area contributed by atoms with Gasteiger partial charge in [-0.2, -0.15) is 0 Å². The highest BCUT2D eigenvalue weighted by molar-refractivity contribution is 5.76. The molecule has 0 bridgehead atoms. The second-order valence-corrected chi connectivity index (χ2v) is 2.32. The van der Waals surface area contributed by atoms with Gasteiger partial charge in [-0.3, -0.25) is 4.79 Å². The summed E-state index contributed by atoms with van der Waals surface area (Å²) in [6.45, 7) is 0. The van der Waals surface area contributed by atoms with Crippen LogP contribution in [0.1, 0.15) is 12.8 Å². The van der Waals surface area contributed by atoms with E-state index >= 15 is 0 Å². The quantitative estimate of drug-likeness (QED) is 0.544. The Morgan fingerprint density at radius 1 is 1.56 bits per heavy atom. The lowest BCUT2D eigenvalue weighted by atomic mass is 9.75. The highest BCUT2D eigenvalue weighted by atomic mass is 16.4. The van der Waals surface area contributed by atoms with Crippen LogP contribution >= 0.6 is 0 Å².